The monoisotopic (exact) mass is 318 g/mol. The first-order chi connectivity index (χ1) is 10.4. The van der Waals surface area contributed by atoms with Crippen LogP contribution in [0, 0.1) is 0 Å². The van der Waals surface area contributed by atoms with Crippen LogP contribution >= 0.6 is 11.8 Å². The van der Waals surface area contributed by atoms with E-state index in [0.717, 1.165) is 6.42 Å². The third kappa shape index (κ3) is 2.52. The molecule has 2 fully saturated rings. The molecular formula is C16H18N2O3S. The van der Waals surface area contributed by atoms with Crippen molar-refractivity contribution in [1.29, 1.82) is 0 Å². The summed E-state index contributed by atoms with van der Waals surface area (Å²) in [6, 6.07) is 6.42. The summed E-state index contributed by atoms with van der Waals surface area (Å²) in [6.07, 6.45) is 1.30. The highest BCUT2D eigenvalue weighted by Gasteiger charge is 2.52. The number of Topliss-reactive ketones (excluding diaryl/α,β-unsaturated/α-hetero) is 1. The summed E-state index contributed by atoms with van der Waals surface area (Å²) in [5.74, 6) is 0.424. The zero-order chi connectivity index (χ0) is 15.9. The first-order valence-electron chi connectivity index (χ1n) is 7.29. The first kappa shape index (κ1) is 15.1. The molecule has 2 aliphatic heterocycles. The lowest BCUT2D eigenvalue weighted by atomic mass is 10.1. The van der Waals surface area contributed by atoms with Crippen molar-refractivity contribution in [3.63, 3.8) is 0 Å². The Bertz CT molecular complexity index is 661. The minimum atomic E-state index is -0.439. The van der Waals surface area contributed by atoms with E-state index in [1.54, 1.807) is 40.9 Å². The third-order valence-electron chi connectivity index (χ3n) is 4.28. The van der Waals surface area contributed by atoms with Crippen LogP contribution in [0.25, 0.3) is 0 Å². The molecule has 2 aliphatic rings. The van der Waals surface area contributed by atoms with E-state index >= 15 is 0 Å². The second kappa shape index (κ2) is 5.43. The Morgan fingerprint density at radius 1 is 1.41 bits per heavy atom. The number of benzene rings is 1. The molecule has 1 aromatic carbocycles. The molecule has 22 heavy (non-hydrogen) atoms. The molecule has 6 heteroatoms. The molecule has 5 nitrogen and oxygen atoms in total. The third-order valence-corrected chi connectivity index (χ3v) is 5.79. The normalized spacial score (nSPS) is 26.9. The number of fused-ring (bicyclic) bond motifs is 1. The largest absolute Gasteiger partial charge is 0.324 e. The molecule has 2 atom stereocenters. The Kier molecular flexibility index (Phi) is 3.72. The summed E-state index contributed by atoms with van der Waals surface area (Å²) in [7, 11) is 0. The van der Waals surface area contributed by atoms with Crippen molar-refractivity contribution in [3.05, 3.63) is 29.8 Å². The molecule has 3 rings (SSSR count). The summed E-state index contributed by atoms with van der Waals surface area (Å²) in [6.45, 7) is 3.51. The van der Waals surface area contributed by atoms with Gasteiger partial charge in [0.1, 0.15) is 6.04 Å². The lowest BCUT2D eigenvalue weighted by Gasteiger charge is -2.29. The van der Waals surface area contributed by atoms with Gasteiger partial charge in [0.05, 0.1) is 4.87 Å². The van der Waals surface area contributed by atoms with Crippen molar-refractivity contribution in [3.8, 4) is 0 Å². The summed E-state index contributed by atoms with van der Waals surface area (Å²) >= 11 is 1.66. The van der Waals surface area contributed by atoms with Crippen molar-refractivity contribution in [2.75, 3.05) is 11.1 Å². The predicted octanol–water partition coefficient (Wildman–Crippen LogP) is 2.28. The summed E-state index contributed by atoms with van der Waals surface area (Å²) < 4.78 is 0. The zero-order valence-electron chi connectivity index (χ0n) is 12.6. The molecule has 0 aromatic heterocycles. The fourth-order valence-electron chi connectivity index (χ4n) is 3.06. The molecular weight excluding hydrogens is 300 g/mol. The average molecular weight is 318 g/mol. The van der Waals surface area contributed by atoms with Crippen LogP contribution < -0.4 is 5.32 Å². The van der Waals surface area contributed by atoms with Gasteiger partial charge in [0.15, 0.2) is 5.78 Å². The minimum absolute atomic E-state index is 0.0464. The minimum Gasteiger partial charge on any atom is -0.324 e. The summed E-state index contributed by atoms with van der Waals surface area (Å²) in [5.41, 5.74) is 1.14. The number of anilines is 1. The number of carbonyl (C=O) groups is 3. The summed E-state index contributed by atoms with van der Waals surface area (Å²) in [5, 5.41) is 2.83. The predicted molar refractivity (Wildman–Crippen MR) is 85.8 cm³/mol. The highest BCUT2D eigenvalue weighted by Crippen LogP contribution is 2.47. The molecule has 0 unspecified atom stereocenters. The maximum atomic E-state index is 12.5. The number of thioether (sulfide) groups is 1. The van der Waals surface area contributed by atoms with Crippen LogP contribution in [-0.4, -0.2) is 39.2 Å². The summed E-state index contributed by atoms with van der Waals surface area (Å²) in [4.78, 5) is 37.5. The number of hydrogen-bond acceptors (Lipinski definition) is 4. The molecule has 0 spiro atoms. The number of rotatable bonds is 3. The topological polar surface area (TPSA) is 66.5 Å². The Morgan fingerprint density at radius 2 is 2.18 bits per heavy atom. The van der Waals surface area contributed by atoms with E-state index in [2.05, 4.69) is 5.32 Å². The average Bonchev–Trinajstić information content (AvgIpc) is 2.96. The second-order valence-corrected chi connectivity index (χ2v) is 7.39. The maximum absolute atomic E-state index is 12.5. The van der Waals surface area contributed by atoms with Gasteiger partial charge in [-0.2, -0.15) is 0 Å². The number of hydrogen-bond donors (Lipinski definition) is 1. The Balaban J connectivity index is 1.77. The van der Waals surface area contributed by atoms with Gasteiger partial charge in [-0.05, 0) is 32.4 Å². The van der Waals surface area contributed by atoms with E-state index in [1.807, 2.05) is 6.92 Å². The number of ketones is 1. The van der Waals surface area contributed by atoms with Crippen molar-refractivity contribution in [2.45, 2.75) is 37.6 Å². The van der Waals surface area contributed by atoms with E-state index in [9.17, 15) is 14.4 Å². The standard InChI is InChI=1S/C16H18N2O3S/c1-10(19)11-4-3-5-12(8-11)17-15(21)13-9-22-16(2)7-6-14(20)18(13)16/h3-5,8,13H,6-7,9H2,1-2H3,(H,17,21)/t13-,16-/m0/s1. The van der Waals surface area contributed by atoms with Gasteiger partial charge in [0.2, 0.25) is 11.8 Å². The van der Waals surface area contributed by atoms with Crippen molar-refractivity contribution in [1.82, 2.24) is 4.90 Å². The van der Waals surface area contributed by atoms with Crippen molar-refractivity contribution >= 4 is 35.0 Å². The van der Waals surface area contributed by atoms with E-state index in [-0.39, 0.29) is 22.5 Å². The Hall–Kier alpha value is -1.82. The number of nitrogens with zero attached hydrogens (tertiary/aromatic N) is 1. The van der Waals surface area contributed by atoms with Crippen LogP contribution in [0.15, 0.2) is 24.3 Å². The zero-order valence-corrected chi connectivity index (χ0v) is 13.4. The molecule has 1 aromatic rings. The van der Waals surface area contributed by atoms with Gasteiger partial charge in [-0.1, -0.05) is 12.1 Å². The van der Waals surface area contributed by atoms with E-state index in [0.29, 0.717) is 23.4 Å². The smallest absolute Gasteiger partial charge is 0.248 e. The van der Waals surface area contributed by atoms with Crippen LogP contribution in [0.1, 0.15) is 37.0 Å². The van der Waals surface area contributed by atoms with Gasteiger partial charge >= 0.3 is 0 Å². The SMILES string of the molecule is CC(=O)c1cccc(NC(=O)[C@@H]2CS[C@@]3(C)CCC(=O)N23)c1. The van der Waals surface area contributed by atoms with Gasteiger partial charge in [-0.25, -0.2) is 0 Å². The lowest BCUT2D eigenvalue weighted by Crippen LogP contribution is -2.48. The molecule has 1 N–H and O–H groups in total. The van der Waals surface area contributed by atoms with Gasteiger partial charge in [-0.15, -0.1) is 11.8 Å². The molecule has 2 saturated heterocycles. The Labute approximate surface area is 133 Å². The molecule has 0 aliphatic carbocycles. The molecule has 0 bridgehead atoms. The maximum Gasteiger partial charge on any atom is 0.248 e. The van der Waals surface area contributed by atoms with Crippen molar-refractivity contribution in [2.24, 2.45) is 0 Å². The molecule has 0 radical (unpaired) electrons. The molecule has 0 saturated carbocycles. The van der Waals surface area contributed by atoms with Crippen LogP contribution in [0.2, 0.25) is 0 Å². The van der Waals surface area contributed by atoms with Gasteiger partial charge in [-0.3, -0.25) is 14.4 Å². The quantitative estimate of drug-likeness (QED) is 0.868. The molecule has 2 amide bonds. The molecule has 116 valence electrons. The first-order valence-corrected chi connectivity index (χ1v) is 8.27. The fourth-order valence-corrected chi connectivity index (χ4v) is 4.49. The second-order valence-electron chi connectivity index (χ2n) is 5.89. The van der Waals surface area contributed by atoms with Gasteiger partial charge in [0, 0.05) is 23.4 Å². The van der Waals surface area contributed by atoms with Crippen LogP contribution in [0.5, 0.6) is 0 Å². The number of amides is 2. The van der Waals surface area contributed by atoms with E-state index in [1.165, 1.54) is 6.92 Å². The van der Waals surface area contributed by atoms with Crippen LogP contribution in [0.3, 0.4) is 0 Å². The lowest BCUT2D eigenvalue weighted by molar-refractivity contribution is -0.135. The fraction of sp³-hybridized carbons (Fsp3) is 0.438. The highest BCUT2D eigenvalue weighted by atomic mass is 32.2. The number of nitrogens with one attached hydrogen (secondary N) is 1. The number of carbonyl (C=O) groups excluding carboxylic acids is 3. The van der Waals surface area contributed by atoms with E-state index in [4.69, 9.17) is 0 Å². The van der Waals surface area contributed by atoms with Crippen LogP contribution in [0.4, 0.5) is 5.69 Å². The molecule has 2 heterocycles. The highest BCUT2D eigenvalue weighted by molar-refractivity contribution is 8.01. The van der Waals surface area contributed by atoms with Crippen molar-refractivity contribution < 1.29 is 14.4 Å². The van der Waals surface area contributed by atoms with Gasteiger partial charge < -0.3 is 10.2 Å². The van der Waals surface area contributed by atoms with Crippen LogP contribution in [-0.2, 0) is 9.59 Å². The Morgan fingerprint density at radius 3 is 2.91 bits per heavy atom. The van der Waals surface area contributed by atoms with E-state index < -0.39 is 6.04 Å². The van der Waals surface area contributed by atoms with Gasteiger partial charge in [0.25, 0.3) is 0 Å².